The van der Waals surface area contributed by atoms with Crippen LogP contribution in [0.15, 0.2) is 12.3 Å². The third-order valence-corrected chi connectivity index (χ3v) is 3.08. The van der Waals surface area contributed by atoms with Gasteiger partial charge in [-0.1, -0.05) is 13.8 Å². The topological polar surface area (TPSA) is 33.1 Å². The molecule has 0 spiro atoms. The van der Waals surface area contributed by atoms with Gasteiger partial charge in [-0.2, -0.15) is 5.10 Å². The van der Waals surface area contributed by atoms with E-state index >= 15 is 0 Å². The third-order valence-electron chi connectivity index (χ3n) is 3.08. The van der Waals surface area contributed by atoms with Crippen LogP contribution in [0.4, 0.5) is 0 Å². The summed E-state index contributed by atoms with van der Waals surface area (Å²) in [5.41, 5.74) is 1.29. The van der Waals surface area contributed by atoms with Crippen LogP contribution < -0.4 is 5.32 Å². The summed E-state index contributed by atoms with van der Waals surface area (Å²) in [6, 6.07) is 2.67. The summed E-state index contributed by atoms with van der Waals surface area (Å²) in [4.78, 5) is 2.25. The van der Waals surface area contributed by atoms with Crippen LogP contribution in [0.5, 0.6) is 0 Å². The predicted octanol–water partition coefficient (Wildman–Crippen LogP) is 1.53. The van der Waals surface area contributed by atoms with E-state index in [9.17, 15) is 0 Å². The standard InChI is InChI=1S/C14H28N4/c1-12(2)10-13(11-17(3)4)15-8-6-14-7-9-16-18(14)5/h7,9,12-13,15H,6,8,10-11H2,1-5H3. The molecule has 0 radical (unpaired) electrons. The van der Waals surface area contributed by atoms with E-state index in [0.717, 1.165) is 25.4 Å². The van der Waals surface area contributed by atoms with E-state index in [-0.39, 0.29) is 0 Å². The molecule has 4 heteroatoms. The van der Waals surface area contributed by atoms with Gasteiger partial charge in [0.1, 0.15) is 0 Å². The Morgan fingerprint density at radius 3 is 2.61 bits per heavy atom. The van der Waals surface area contributed by atoms with E-state index < -0.39 is 0 Å². The van der Waals surface area contributed by atoms with Crippen molar-refractivity contribution in [3.05, 3.63) is 18.0 Å². The molecule has 1 atom stereocenters. The monoisotopic (exact) mass is 252 g/mol. The minimum Gasteiger partial charge on any atom is -0.312 e. The quantitative estimate of drug-likeness (QED) is 0.761. The Morgan fingerprint density at radius 1 is 1.39 bits per heavy atom. The van der Waals surface area contributed by atoms with E-state index in [1.807, 2.05) is 17.9 Å². The maximum Gasteiger partial charge on any atom is 0.0492 e. The first-order valence-electron chi connectivity index (χ1n) is 6.84. The van der Waals surface area contributed by atoms with Crippen LogP contribution in [0.1, 0.15) is 26.0 Å². The maximum absolute atomic E-state index is 4.19. The summed E-state index contributed by atoms with van der Waals surface area (Å²) in [6.45, 7) is 6.69. The Kier molecular flexibility index (Phi) is 6.36. The summed E-state index contributed by atoms with van der Waals surface area (Å²) in [7, 11) is 6.27. The minimum atomic E-state index is 0.577. The van der Waals surface area contributed by atoms with Gasteiger partial charge in [-0.05, 0) is 32.5 Å². The van der Waals surface area contributed by atoms with Crippen LogP contribution in [-0.2, 0) is 13.5 Å². The molecule has 0 saturated heterocycles. The molecule has 0 amide bonds. The largest absolute Gasteiger partial charge is 0.312 e. The molecule has 0 aliphatic heterocycles. The maximum atomic E-state index is 4.19. The van der Waals surface area contributed by atoms with Gasteiger partial charge in [0.25, 0.3) is 0 Å². The van der Waals surface area contributed by atoms with Gasteiger partial charge >= 0.3 is 0 Å². The lowest BCUT2D eigenvalue weighted by molar-refractivity contribution is 0.307. The second kappa shape index (κ2) is 7.54. The summed E-state index contributed by atoms with van der Waals surface area (Å²) >= 11 is 0. The molecule has 0 aromatic carbocycles. The first-order valence-corrected chi connectivity index (χ1v) is 6.84. The van der Waals surface area contributed by atoms with Crippen LogP contribution in [0, 0.1) is 5.92 Å². The first-order chi connectivity index (χ1) is 8.49. The van der Waals surface area contributed by atoms with Crippen molar-refractivity contribution in [3.63, 3.8) is 0 Å². The van der Waals surface area contributed by atoms with Crippen LogP contribution in [0.2, 0.25) is 0 Å². The highest BCUT2D eigenvalue weighted by atomic mass is 15.3. The SMILES string of the molecule is CC(C)CC(CN(C)C)NCCc1ccnn1C. The van der Waals surface area contributed by atoms with Crippen LogP contribution in [-0.4, -0.2) is 47.9 Å². The average Bonchev–Trinajstić information content (AvgIpc) is 2.62. The Morgan fingerprint density at radius 2 is 2.11 bits per heavy atom. The molecule has 0 aliphatic carbocycles. The smallest absolute Gasteiger partial charge is 0.0492 e. The molecule has 1 heterocycles. The fraction of sp³-hybridized carbons (Fsp3) is 0.786. The number of aromatic nitrogens is 2. The van der Waals surface area contributed by atoms with E-state index in [4.69, 9.17) is 0 Å². The number of likely N-dealkylation sites (N-methyl/N-ethyl adjacent to an activating group) is 1. The predicted molar refractivity (Wildman–Crippen MR) is 76.7 cm³/mol. The lowest BCUT2D eigenvalue weighted by Gasteiger charge is -2.24. The molecule has 1 unspecified atom stereocenters. The summed E-state index contributed by atoms with van der Waals surface area (Å²) in [6.07, 6.45) is 4.13. The Balaban J connectivity index is 2.34. The van der Waals surface area contributed by atoms with Gasteiger partial charge in [0.15, 0.2) is 0 Å². The zero-order chi connectivity index (χ0) is 13.5. The van der Waals surface area contributed by atoms with Crippen molar-refractivity contribution in [2.75, 3.05) is 27.2 Å². The van der Waals surface area contributed by atoms with Crippen LogP contribution >= 0.6 is 0 Å². The van der Waals surface area contributed by atoms with Gasteiger partial charge in [-0.3, -0.25) is 4.68 Å². The summed E-state index contributed by atoms with van der Waals surface area (Å²) in [5, 5.41) is 7.86. The molecule has 1 rings (SSSR count). The molecule has 1 aromatic rings. The molecule has 1 aromatic heterocycles. The summed E-state index contributed by atoms with van der Waals surface area (Å²) < 4.78 is 1.95. The van der Waals surface area contributed by atoms with Crippen molar-refractivity contribution >= 4 is 0 Å². The highest BCUT2D eigenvalue weighted by molar-refractivity contribution is 5.00. The molecule has 104 valence electrons. The highest BCUT2D eigenvalue weighted by Crippen LogP contribution is 2.06. The van der Waals surface area contributed by atoms with Crippen LogP contribution in [0.25, 0.3) is 0 Å². The van der Waals surface area contributed by atoms with E-state index in [0.29, 0.717) is 6.04 Å². The molecular formula is C14H28N4. The zero-order valence-electron chi connectivity index (χ0n) is 12.5. The van der Waals surface area contributed by atoms with E-state index in [1.54, 1.807) is 0 Å². The van der Waals surface area contributed by atoms with E-state index in [1.165, 1.54) is 12.1 Å². The van der Waals surface area contributed by atoms with Crippen molar-refractivity contribution in [2.45, 2.75) is 32.7 Å². The van der Waals surface area contributed by atoms with Crippen molar-refractivity contribution in [1.29, 1.82) is 0 Å². The van der Waals surface area contributed by atoms with Gasteiger partial charge < -0.3 is 10.2 Å². The van der Waals surface area contributed by atoms with Crippen molar-refractivity contribution in [3.8, 4) is 0 Å². The van der Waals surface area contributed by atoms with Gasteiger partial charge in [0.2, 0.25) is 0 Å². The highest BCUT2D eigenvalue weighted by Gasteiger charge is 2.11. The minimum absolute atomic E-state index is 0.577. The molecule has 1 N–H and O–H groups in total. The fourth-order valence-electron chi connectivity index (χ4n) is 2.28. The Bertz CT molecular complexity index is 320. The normalized spacial score (nSPS) is 13.5. The number of nitrogens with zero attached hydrogens (tertiary/aromatic N) is 3. The lowest BCUT2D eigenvalue weighted by Crippen LogP contribution is -2.40. The number of rotatable bonds is 8. The molecule has 0 fully saturated rings. The van der Waals surface area contributed by atoms with E-state index in [2.05, 4.69) is 49.3 Å². The van der Waals surface area contributed by atoms with Crippen LogP contribution in [0.3, 0.4) is 0 Å². The number of hydrogen-bond acceptors (Lipinski definition) is 3. The molecule has 0 aliphatic rings. The fourth-order valence-corrected chi connectivity index (χ4v) is 2.28. The number of aryl methyl sites for hydroxylation is 1. The van der Waals surface area contributed by atoms with Gasteiger partial charge in [-0.15, -0.1) is 0 Å². The second-order valence-corrected chi connectivity index (χ2v) is 5.74. The third kappa shape index (κ3) is 5.65. The first kappa shape index (κ1) is 15.2. The molecule has 0 saturated carbocycles. The zero-order valence-corrected chi connectivity index (χ0v) is 12.5. The average molecular weight is 252 g/mol. The molecule has 0 bridgehead atoms. The number of nitrogens with one attached hydrogen (secondary N) is 1. The molecular weight excluding hydrogens is 224 g/mol. The van der Waals surface area contributed by atoms with Gasteiger partial charge in [0.05, 0.1) is 0 Å². The van der Waals surface area contributed by atoms with Crippen molar-refractivity contribution in [2.24, 2.45) is 13.0 Å². The Labute approximate surface area is 111 Å². The second-order valence-electron chi connectivity index (χ2n) is 5.74. The van der Waals surface area contributed by atoms with Crippen molar-refractivity contribution < 1.29 is 0 Å². The Hall–Kier alpha value is -0.870. The van der Waals surface area contributed by atoms with Gasteiger partial charge in [0, 0.05) is 44.5 Å². The number of hydrogen-bond donors (Lipinski definition) is 1. The molecule has 18 heavy (non-hydrogen) atoms. The summed E-state index contributed by atoms with van der Waals surface area (Å²) in [5.74, 6) is 0.735. The van der Waals surface area contributed by atoms with Crippen molar-refractivity contribution in [1.82, 2.24) is 20.0 Å². The van der Waals surface area contributed by atoms with Gasteiger partial charge in [-0.25, -0.2) is 0 Å². The lowest BCUT2D eigenvalue weighted by atomic mass is 10.0. The molecule has 4 nitrogen and oxygen atoms in total.